The fraction of sp³-hybridized carbons (Fsp3) is 0.818. The highest BCUT2D eigenvalue weighted by molar-refractivity contribution is 5.74. The maximum atomic E-state index is 11.1. The van der Waals surface area contributed by atoms with E-state index in [1.165, 1.54) is 6.92 Å². The molecule has 0 radical (unpaired) electrons. The van der Waals surface area contributed by atoms with E-state index in [0.717, 1.165) is 25.9 Å². The molecule has 1 fully saturated rings. The summed E-state index contributed by atoms with van der Waals surface area (Å²) in [6, 6.07) is 0. The Kier molecular flexibility index (Phi) is 4.29. The van der Waals surface area contributed by atoms with Crippen LogP contribution in [-0.4, -0.2) is 48.1 Å². The first-order chi connectivity index (χ1) is 7.44. The molecule has 1 aliphatic rings. The van der Waals surface area contributed by atoms with Crippen LogP contribution in [0, 0.1) is 5.41 Å². The predicted octanol–water partition coefficient (Wildman–Crippen LogP) is 0.309. The topological polar surface area (TPSA) is 69.6 Å². The Hall–Kier alpha value is -1.10. The van der Waals surface area contributed by atoms with E-state index in [9.17, 15) is 9.59 Å². The third-order valence-electron chi connectivity index (χ3n) is 3.09. The van der Waals surface area contributed by atoms with E-state index < -0.39 is 11.4 Å². The van der Waals surface area contributed by atoms with E-state index in [-0.39, 0.29) is 5.91 Å². The van der Waals surface area contributed by atoms with Crippen molar-refractivity contribution >= 4 is 11.9 Å². The van der Waals surface area contributed by atoms with Crippen molar-refractivity contribution in [2.24, 2.45) is 5.41 Å². The van der Waals surface area contributed by atoms with Crippen molar-refractivity contribution in [1.82, 2.24) is 10.2 Å². The van der Waals surface area contributed by atoms with E-state index in [1.54, 1.807) is 6.92 Å². The van der Waals surface area contributed by atoms with Crippen LogP contribution in [-0.2, 0) is 9.59 Å². The van der Waals surface area contributed by atoms with Crippen LogP contribution in [0.4, 0.5) is 0 Å². The summed E-state index contributed by atoms with van der Waals surface area (Å²) in [6.45, 7) is 6.08. The first-order valence-corrected chi connectivity index (χ1v) is 5.64. The standard InChI is InChI=1S/C11H20N2O3/c1-9(14)12-5-7-13-6-3-4-11(2,8-13)10(15)16/h3-8H2,1-2H3,(H,12,14)(H,15,16). The van der Waals surface area contributed by atoms with Crippen molar-refractivity contribution in [3.8, 4) is 0 Å². The van der Waals surface area contributed by atoms with E-state index >= 15 is 0 Å². The Morgan fingerprint density at radius 2 is 2.19 bits per heavy atom. The fourth-order valence-electron chi connectivity index (χ4n) is 2.10. The van der Waals surface area contributed by atoms with Gasteiger partial charge in [-0.3, -0.25) is 9.59 Å². The first-order valence-electron chi connectivity index (χ1n) is 5.64. The predicted molar refractivity (Wildman–Crippen MR) is 60.1 cm³/mol. The van der Waals surface area contributed by atoms with Gasteiger partial charge in [-0.25, -0.2) is 0 Å². The van der Waals surface area contributed by atoms with Gasteiger partial charge in [-0.05, 0) is 26.3 Å². The Morgan fingerprint density at radius 1 is 1.50 bits per heavy atom. The summed E-state index contributed by atoms with van der Waals surface area (Å²) in [4.78, 5) is 23.9. The number of hydrogen-bond donors (Lipinski definition) is 2. The molecule has 5 nitrogen and oxygen atoms in total. The van der Waals surface area contributed by atoms with Gasteiger partial charge in [0.15, 0.2) is 0 Å². The molecular weight excluding hydrogens is 208 g/mol. The Labute approximate surface area is 95.8 Å². The Balaban J connectivity index is 2.39. The molecule has 1 amide bonds. The number of likely N-dealkylation sites (tertiary alicyclic amines) is 1. The molecule has 2 N–H and O–H groups in total. The summed E-state index contributed by atoms with van der Waals surface area (Å²) in [6.07, 6.45) is 1.64. The van der Waals surface area contributed by atoms with Gasteiger partial charge in [0.05, 0.1) is 5.41 Å². The lowest BCUT2D eigenvalue weighted by molar-refractivity contribution is -0.151. The number of rotatable bonds is 4. The largest absolute Gasteiger partial charge is 0.481 e. The summed E-state index contributed by atoms with van der Waals surface area (Å²) in [5, 5.41) is 11.9. The normalized spacial score (nSPS) is 26.4. The lowest BCUT2D eigenvalue weighted by Gasteiger charge is -2.37. The molecule has 5 heteroatoms. The number of nitrogens with zero attached hydrogens (tertiary/aromatic N) is 1. The van der Waals surface area contributed by atoms with E-state index in [1.807, 2.05) is 0 Å². The first kappa shape index (κ1) is 13.0. The van der Waals surface area contributed by atoms with Crippen LogP contribution in [0.1, 0.15) is 26.7 Å². The average Bonchev–Trinajstić information content (AvgIpc) is 2.17. The quantitative estimate of drug-likeness (QED) is 0.726. The molecule has 0 bridgehead atoms. The molecule has 0 aromatic heterocycles. The molecule has 1 heterocycles. The third kappa shape index (κ3) is 3.48. The molecule has 1 rings (SSSR count). The molecule has 16 heavy (non-hydrogen) atoms. The number of piperidine rings is 1. The highest BCUT2D eigenvalue weighted by Crippen LogP contribution is 2.29. The molecule has 1 atom stereocenters. The summed E-state index contributed by atoms with van der Waals surface area (Å²) in [7, 11) is 0. The SMILES string of the molecule is CC(=O)NCCN1CCCC(C)(C(=O)O)C1. The van der Waals surface area contributed by atoms with Crippen LogP contribution in [0.3, 0.4) is 0 Å². The van der Waals surface area contributed by atoms with Gasteiger partial charge in [-0.2, -0.15) is 0 Å². The molecule has 92 valence electrons. The minimum Gasteiger partial charge on any atom is -0.481 e. The monoisotopic (exact) mass is 228 g/mol. The highest BCUT2D eigenvalue weighted by Gasteiger charge is 2.37. The van der Waals surface area contributed by atoms with Crippen molar-refractivity contribution in [1.29, 1.82) is 0 Å². The number of carboxylic acid groups (broad SMARTS) is 1. The van der Waals surface area contributed by atoms with Gasteiger partial charge in [0.25, 0.3) is 0 Å². The van der Waals surface area contributed by atoms with Crippen molar-refractivity contribution in [2.45, 2.75) is 26.7 Å². The smallest absolute Gasteiger partial charge is 0.310 e. The Bertz CT molecular complexity index is 280. The lowest BCUT2D eigenvalue weighted by Crippen LogP contribution is -2.48. The third-order valence-corrected chi connectivity index (χ3v) is 3.09. The van der Waals surface area contributed by atoms with Crippen molar-refractivity contribution in [2.75, 3.05) is 26.2 Å². The molecule has 1 saturated heterocycles. The molecule has 0 spiro atoms. The second-order valence-electron chi connectivity index (χ2n) is 4.73. The van der Waals surface area contributed by atoms with E-state index in [2.05, 4.69) is 10.2 Å². The summed E-state index contributed by atoms with van der Waals surface area (Å²) in [5.74, 6) is -0.769. The molecule has 0 aromatic rings. The molecule has 0 aromatic carbocycles. The zero-order valence-corrected chi connectivity index (χ0v) is 9.95. The van der Waals surface area contributed by atoms with Gasteiger partial charge in [-0.15, -0.1) is 0 Å². The number of hydrogen-bond acceptors (Lipinski definition) is 3. The van der Waals surface area contributed by atoms with Crippen molar-refractivity contribution in [3.05, 3.63) is 0 Å². The molecule has 1 aliphatic heterocycles. The minimum atomic E-state index is -0.725. The number of nitrogens with one attached hydrogen (secondary N) is 1. The van der Waals surface area contributed by atoms with E-state index in [4.69, 9.17) is 5.11 Å². The number of aliphatic carboxylic acids is 1. The summed E-state index contributed by atoms with van der Waals surface area (Å²) < 4.78 is 0. The van der Waals surface area contributed by atoms with Gasteiger partial charge in [-0.1, -0.05) is 0 Å². The van der Waals surface area contributed by atoms with Gasteiger partial charge < -0.3 is 15.3 Å². The van der Waals surface area contributed by atoms with Crippen LogP contribution < -0.4 is 5.32 Å². The number of carboxylic acids is 1. The highest BCUT2D eigenvalue weighted by atomic mass is 16.4. The van der Waals surface area contributed by atoms with Crippen LogP contribution in [0.15, 0.2) is 0 Å². The van der Waals surface area contributed by atoms with Crippen LogP contribution in [0.5, 0.6) is 0 Å². The van der Waals surface area contributed by atoms with Crippen molar-refractivity contribution < 1.29 is 14.7 Å². The van der Waals surface area contributed by atoms with Crippen LogP contribution in [0.2, 0.25) is 0 Å². The molecule has 1 unspecified atom stereocenters. The van der Waals surface area contributed by atoms with Crippen LogP contribution >= 0.6 is 0 Å². The number of carbonyl (C=O) groups is 2. The van der Waals surface area contributed by atoms with Crippen molar-refractivity contribution in [3.63, 3.8) is 0 Å². The lowest BCUT2D eigenvalue weighted by atomic mass is 9.82. The van der Waals surface area contributed by atoms with E-state index in [0.29, 0.717) is 13.1 Å². The number of amides is 1. The zero-order chi connectivity index (χ0) is 12.2. The second-order valence-corrected chi connectivity index (χ2v) is 4.73. The fourth-order valence-corrected chi connectivity index (χ4v) is 2.10. The van der Waals surface area contributed by atoms with Gasteiger partial charge in [0, 0.05) is 26.6 Å². The number of carbonyl (C=O) groups excluding carboxylic acids is 1. The maximum absolute atomic E-state index is 11.1. The molecule has 0 aliphatic carbocycles. The average molecular weight is 228 g/mol. The minimum absolute atomic E-state index is 0.0435. The maximum Gasteiger partial charge on any atom is 0.310 e. The van der Waals surface area contributed by atoms with Gasteiger partial charge in [0.2, 0.25) is 5.91 Å². The second kappa shape index (κ2) is 5.30. The molecular formula is C11H20N2O3. The zero-order valence-electron chi connectivity index (χ0n) is 9.95. The molecule has 0 saturated carbocycles. The summed E-state index contributed by atoms with van der Waals surface area (Å²) in [5.41, 5.74) is -0.630. The summed E-state index contributed by atoms with van der Waals surface area (Å²) >= 11 is 0. The van der Waals surface area contributed by atoms with Gasteiger partial charge in [0.1, 0.15) is 0 Å². The Morgan fingerprint density at radius 3 is 2.75 bits per heavy atom. The van der Waals surface area contributed by atoms with Crippen LogP contribution in [0.25, 0.3) is 0 Å². The van der Waals surface area contributed by atoms with Gasteiger partial charge >= 0.3 is 5.97 Å².